The molecule has 5 rings (SSSR count). The van der Waals surface area contributed by atoms with E-state index in [1.165, 1.54) is 30.4 Å². The number of carboxylic acid groups (broad SMARTS) is 1. The first-order valence-corrected chi connectivity index (χ1v) is 16.8. The van der Waals surface area contributed by atoms with Gasteiger partial charge in [0, 0.05) is 65.6 Å². The molecule has 1 unspecified atom stereocenters. The monoisotopic (exact) mass is 671 g/mol. The molecule has 1 atom stereocenters. The number of rotatable bonds is 12. The van der Waals surface area contributed by atoms with E-state index >= 15 is 0 Å². The number of carboxylic acids is 1. The zero-order chi connectivity index (χ0) is 32.8. The quantitative estimate of drug-likeness (QED) is 0.153. The summed E-state index contributed by atoms with van der Waals surface area (Å²) in [7, 11) is 1.66. The molecular formula is C34H36F3N3O4S2. The molecule has 46 heavy (non-hydrogen) atoms. The summed E-state index contributed by atoms with van der Waals surface area (Å²) in [6.07, 6.45) is -4.67. The van der Waals surface area contributed by atoms with E-state index in [4.69, 9.17) is 14.5 Å². The van der Waals surface area contributed by atoms with Gasteiger partial charge in [0.1, 0.15) is 16.5 Å². The Kier molecular flexibility index (Phi) is 10.8. The van der Waals surface area contributed by atoms with E-state index in [9.17, 15) is 23.1 Å². The highest BCUT2D eigenvalue weighted by Crippen LogP contribution is 2.37. The van der Waals surface area contributed by atoms with Crippen LogP contribution in [0.3, 0.4) is 0 Å². The maximum atomic E-state index is 13.2. The lowest BCUT2D eigenvalue weighted by Gasteiger charge is -2.36. The van der Waals surface area contributed by atoms with Crippen molar-refractivity contribution in [3.8, 4) is 22.1 Å². The van der Waals surface area contributed by atoms with Gasteiger partial charge in [-0.1, -0.05) is 25.1 Å². The number of hydrogen-bond acceptors (Lipinski definition) is 8. The van der Waals surface area contributed by atoms with Crippen molar-refractivity contribution in [3.05, 3.63) is 88.4 Å². The maximum absolute atomic E-state index is 13.2. The van der Waals surface area contributed by atoms with Crippen LogP contribution in [0.4, 0.5) is 18.9 Å². The summed E-state index contributed by atoms with van der Waals surface area (Å²) in [5.74, 6) is 0.983. The second-order valence-corrected chi connectivity index (χ2v) is 13.1. The molecule has 1 aliphatic heterocycles. The topological polar surface area (TPSA) is 75.1 Å². The zero-order valence-electron chi connectivity index (χ0n) is 25.8. The molecule has 1 saturated heterocycles. The van der Waals surface area contributed by atoms with Gasteiger partial charge in [0.2, 0.25) is 0 Å². The van der Waals surface area contributed by atoms with Crippen molar-refractivity contribution in [1.82, 2.24) is 9.88 Å². The summed E-state index contributed by atoms with van der Waals surface area (Å²) in [5.41, 5.74) is 2.93. The molecule has 4 aromatic rings. The molecule has 2 heterocycles. The molecule has 0 amide bonds. The van der Waals surface area contributed by atoms with Gasteiger partial charge in [0.15, 0.2) is 6.10 Å². The summed E-state index contributed by atoms with van der Waals surface area (Å²) in [5, 5.41) is 9.93. The number of aliphatic carboxylic acids is 1. The van der Waals surface area contributed by atoms with Crippen molar-refractivity contribution in [1.29, 1.82) is 0 Å². The highest BCUT2D eigenvalue weighted by atomic mass is 32.2. The van der Waals surface area contributed by atoms with E-state index in [-0.39, 0.29) is 0 Å². The summed E-state index contributed by atoms with van der Waals surface area (Å²) >= 11 is 3.15. The van der Waals surface area contributed by atoms with Crippen LogP contribution < -0.4 is 14.4 Å². The lowest BCUT2D eigenvalue weighted by atomic mass is 10.1. The molecule has 12 heteroatoms. The summed E-state index contributed by atoms with van der Waals surface area (Å²) in [6.45, 7) is 7.51. The Morgan fingerprint density at radius 1 is 1.07 bits per heavy atom. The van der Waals surface area contributed by atoms with Gasteiger partial charge in [-0.2, -0.15) is 13.2 Å². The molecular weight excluding hydrogens is 636 g/mol. The van der Waals surface area contributed by atoms with Gasteiger partial charge in [-0.3, -0.25) is 4.90 Å². The van der Waals surface area contributed by atoms with Gasteiger partial charge in [0.05, 0.1) is 18.4 Å². The lowest BCUT2D eigenvalue weighted by molar-refractivity contribution is -0.144. The number of thioether (sulfide) groups is 1. The summed E-state index contributed by atoms with van der Waals surface area (Å²) < 4.78 is 50.6. The van der Waals surface area contributed by atoms with Crippen molar-refractivity contribution in [2.24, 2.45) is 0 Å². The number of halogens is 3. The van der Waals surface area contributed by atoms with Crippen LogP contribution in [0.25, 0.3) is 10.6 Å². The van der Waals surface area contributed by atoms with Crippen LogP contribution >= 0.6 is 23.1 Å². The normalized spacial score (nSPS) is 14.7. The Labute approximate surface area is 275 Å². The molecule has 3 aromatic carbocycles. The number of piperazine rings is 1. The van der Waals surface area contributed by atoms with Crippen molar-refractivity contribution in [2.45, 2.75) is 49.7 Å². The second kappa shape index (κ2) is 14.8. The van der Waals surface area contributed by atoms with Crippen LogP contribution in [0, 0.1) is 0 Å². The molecule has 0 aliphatic carbocycles. The van der Waals surface area contributed by atoms with Crippen LogP contribution in [0.2, 0.25) is 0 Å². The van der Waals surface area contributed by atoms with Gasteiger partial charge >= 0.3 is 12.1 Å². The fourth-order valence-corrected chi connectivity index (χ4v) is 7.29. The first-order valence-electron chi connectivity index (χ1n) is 15.0. The third kappa shape index (κ3) is 8.34. The molecule has 0 spiro atoms. The first kappa shape index (κ1) is 33.6. The molecule has 1 aliphatic rings. The fraction of sp³-hybridized carbons (Fsp3) is 0.353. The molecule has 244 valence electrons. The van der Waals surface area contributed by atoms with Crippen molar-refractivity contribution < 1.29 is 32.5 Å². The number of thiazole rings is 1. The number of aromatic nitrogens is 1. The summed E-state index contributed by atoms with van der Waals surface area (Å²) in [6, 6.07) is 19.0. The minimum atomic E-state index is -4.40. The Bertz CT molecular complexity index is 1640. The van der Waals surface area contributed by atoms with E-state index in [2.05, 4.69) is 15.9 Å². The van der Waals surface area contributed by atoms with Crippen LogP contribution in [-0.4, -0.2) is 60.4 Å². The minimum Gasteiger partial charge on any atom is -0.497 e. The number of anilines is 1. The third-order valence-corrected chi connectivity index (χ3v) is 10.2. The predicted octanol–water partition coefficient (Wildman–Crippen LogP) is 7.87. The van der Waals surface area contributed by atoms with E-state index in [0.717, 1.165) is 70.8 Å². The van der Waals surface area contributed by atoms with Crippen molar-refractivity contribution in [2.75, 3.05) is 38.2 Å². The van der Waals surface area contributed by atoms with Crippen LogP contribution in [0.5, 0.6) is 11.5 Å². The standard InChI is InChI=1S/C34H36F3N3O4S2/c1-4-23-18-28(12-13-30(23)44-22(2)33(41)42)45-21-31-29(38-32(46-31)24-8-10-25(11-9-24)34(35,36)37)20-39-14-16-40(17-15-39)26-6-5-7-27(19-26)43-3/h5-13,18-19,22H,4,14-17,20-21H2,1-3H3,(H,41,42). The zero-order valence-corrected chi connectivity index (χ0v) is 27.5. The molecule has 1 N–H and O–H groups in total. The molecule has 0 radical (unpaired) electrons. The van der Waals surface area contributed by atoms with Gasteiger partial charge < -0.3 is 19.5 Å². The largest absolute Gasteiger partial charge is 0.497 e. The first-order chi connectivity index (χ1) is 22.0. The Morgan fingerprint density at radius 2 is 1.80 bits per heavy atom. The van der Waals surface area contributed by atoms with Gasteiger partial charge in [-0.15, -0.1) is 23.1 Å². The Morgan fingerprint density at radius 3 is 2.46 bits per heavy atom. The minimum absolute atomic E-state index is 0.554. The second-order valence-electron chi connectivity index (χ2n) is 10.9. The maximum Gasteiger partial charge on any atom is 0.416 e. The van der Waals surface area contributed by atoms with E-state index in [1.807, 2.05) is 43.3 Å². The number of carbonyl (C=O) groups is 1. The number of benzene rings is 3. The Hall–Kier alpha value is -3.74. The van der Waals surface area contributed by atoms with Crippen LogP contribution in [0.15, 0.2) is 71.6 Å². The number of nitrogens with zero attached hydrogens (tertiary/aromatic N) is 3. The van der Waals surface area contributed by atoms with Crippen molar-refractivity contribution >= 4 is 34.8 Å². The molecule has 1 aromatic heterocycles. The smallest absolute Gasteiger partial charge is 0.416 e. The average Bonchev–Trinajstić information content (AvgIpc) is 3.46. The van der Waals surface area contributed by atoms with E-state index < -0.39 is 23.8 Å². The number of ether oxygens (including phenoxy) is 2. The molecule has 0 bridgehead atoms. The SMILES string of the molecule is CCc1cc(SCc2sc(-c3ccc(C(F)(F)F)cc3)nc2CN2CCN(c3cccc(OC)c3)CC2)ccc1OC(C)C(=O)O. The van der Waals surface area contributed by atoms with E-state index in [1.54, 1.807) is 18.9 Å². The highest BCUT2D eigenvalue weighted by Gasteiger charge is 2.30. The number of methoxy groups -OCH3 is 1. The molecule has 7 nitrogen and oxygen atoms in total. The predicted molar refractivity (Wildman–Crippen MR) is 176 cm³/mol. The van der Waals surface area contributed by atoms with Gasteiger partial charge in [0.25, 0.3) is 0 Å². The number of aryl methyl sites for hydroxylation is 1. The van der Waals surface area contributed by atoms with Crippen molar-refractivity contribution in [3.63, 3.8) is 0 Å². The van der Waals surface area contributed by atoms with Crippen LogP contribution in [-0.2, 0) is 29.7 Å². The average molecular weight is 672 g/mol. The molecule has 1 fully saturated rings. The summed E-state index contributed by atoms with van der Waals surface area (Å²) in [4.78, 5) is 23.0. The van der Waals surface area contributed by atoms with E-state index in [0.29, 0.717) is 35.0 Å². The highest BCUT2D eigenvalue weighted by molar-refractivity contribution is 7.98. The number of hydrogen-bond donors (Lipinski definition) is 1. The van der Waals surface area contributed by atoms with Gasteiger partial charge in [-0.05, 0) is 61.4 Å². The Balaban J connectivity index is 1.33. The fourth-order valence-electron chi connectivity index (χ4n) is 5.15. The third-order valence-electron chi connectivity index (χ3n) is 7.84. The number of alkyl halides is 3. The lowest BCUT2D eigenvalue weighted by Crippen LogP contribution is -2.46. The van der Waals surface area contributed by atoms with Gasteiger partial charge in [-0.25, -0.2) is 9.78 Å². The van der Waals surface area contributed by atoms with Crippen LogP contribution in [0.1, 0.15) is 35.5 Å². The molecule has 0 saturated carbocycles.